The summed E-state index contributed by atoms with van der Waals surface area (Å²) in [6.45, 7) is 5.89. The molecule has 0 aliphatic carbocycles. The summed E-state index contributed by atoms with van der Waals surface area (Å²) in [5.41, 5.74) is 7.25. The highest BCUT2D eigenvalue weighted by molar-refractivity contribution is 5.78. The van der Waals surface area contributed by atoms with Crippen LogP contribution in [0.3, 0.4) is 0 Å². The van der Waals surface area contributed by atoms with E-state index in [4.69, 9.17) is 11.1 Å². The molecule has 0 aliphatic rings. The predicted octanol–water partition coefficient (Wildman–Crippen LogP) is 2.42. The first-order valence-electron chi connectivity index (χ1n) is 6.86. The Morgan fingerprint density at radius 2 is 2.00 bits per heavy atom. The second-order valence-electron chi connectivity index (χ2n) is 5.33. The average Bonchev–Trinajstić information content (AvgIpc) is 2.42. The molecule has 0 aliphatic heterocycles. The van der Waals surface area contributed by atoms with Crippen LogP contribution in [0.4, 0.5) is 5.82 Å². The molecular formula is C15H21N5. The zero-order valence-electron chi connectivity index (χ0n) is 12.0. The molecule has 5 nitrogen and oxygen atoms in total. The van der Waals surface area contributed by atoms with Crippen molar-refractivity contribution in [3.05, 3.63) is 30.5 Å². The van der Waals surface area contributed by atoms with E-state index in [1.807, 2.05) is 24.3 Å². The molecule has 0 unspecified atom stereocenters. The monoisotopic (exact) mass is 271 g/mol. The lowest BCUT2D eigenvalue weighted by atomic mass is 10.2. The topological polar surface area (TPSA) is 78.9 Å². The summed E-state index contributed by atoms with van der Waals surface area (Å²) in [4.78, 5) is 11.3. The van der Waals surface area contributed by atoms with Crippen LogP contribution in [0.5, 0.6) is 0 Å². The number of nitrogens with zero attached hydrogens (tertiary/aromatic N) is 3. The molecule has 2 aromatic rings. The third-order valence-electron chi connectivity index (χ3n) is 3.00. The molecule has 1 heterocycles. The minimum Gasteiger partial charge on any atom is -0.388 e. The summed E-state index contributed by atoms with van der Waals surface area (Å²) in [6.07, 6.45) is 2.34. The largest absolute Gasteiger partial charge is 0.388 e. The Labute approximate surface area is 119 Å². The molecule has 0 radical (unpaired) electrons. The van der Waals surface area contributed by atoms with Crippen LogP contribution in [0.1, 0.15) is 20.3 Å². The number of amidine groups is 1. The molecule has 0 atom stereocenters. The molecule has 1 aromatic carbocycles. The van der Waals surface area contributed by atoms with E-state index < -0.39 is 0 Å². The number of anilines is 1. The molecule has 1 aromatic heterocycles. The second-order valence-corrected chi connectivity index (χ2v) is 5.33. The highest BCUT2D eigenvalue weighted by atomic mass is 15.2. The normalized spacial score (nSPS) is 10.9. The highest BCUT2D eigenvalue weighted by Crippen LogP contribution is 2.16. The van der Waals surface area contributed by atoms with Crippen LogP contribution in [0, 0.1) is 11.3 Å². The van der Waals surface area contributed by atoms with Gasteiger partial charge in [-0.3, -0.25) is 10.4 Å². The number of hydrogen-bond acceptors (Lipinski definition) is 4. The minimum absolute atomic E-state index is 0.201. The van der Waals surface area contributed by atoms with Gasteiger partial charge in [-0.05, 0) is 18.1 Å². The summed E-state index contributed by atoms with van der Waals surface area (Å²) < 4.78 is 0. The molecule has 0 fully saturated rings. The maximum absolute atomic E-state index is 7.38. The van der Waals surface area contributed by atoms with E-state index in [2.05, 4.69) is 28.7 Å². The molecule has 0 saturated carbocycles. The smallest absolute Gasteiger partial charge is 0.147 e. The van der Waals surface area contributed by atoms with Crippen molar-refractivity contribution >= 4 is 22.7 Å². The second kappa shape index (κ2) is 6.32. The maximum Gasteiger partial charge on any atom is 0.147 e. The zero-order chi connectivity index (χ0) is 14.5. The Balaban J connectivity index is 2.26. The summed E-state index contributed by atoms with van der Waals surface area (Å²) in [5.74, 6) is 1.56. The zero-order valence-corrected chi connectivity index (χ0v) is 12.0. The van der Waals surface area contributed by atoms with Crippen molar-refractivity contribution in [2.45, 2.75) is 20.3 Å². The van der Waals surface area contributed by atoms with E-state index in [1.165, 1.54) is 0 Å². The Bertz CT molecular complexity index is 594. The van der Waals surface area contributed by atoms with Gasteiger partial charge >= 0.3 is 0 Å². The van der Waals surface area contributed by atoms with E-state index in [1.54, 1.807) is 6.20 Å². The Morgan fingerprint density at radius 1 is 1.30 bits per heavy atom. The third kappa shape index (κ3) is 3.66. The predicted molar refractivity (Wildman–Crippen MR) is 83.1 cm³/mol. The number of para-hydroxylation sites is 2. The highest BCUT2D eigenvalue weighted by Gasteiger charge is 2.11. The van der Waals surface area contributed by atoms with Crippen molar-refractivity contribution in [2.75, 3.05) is 18.0 Å². The summed E-state index contributed by atoms with van der Waals surface area (Å²) in [7, 11) is 0. The van der Waals surface area contributed by atoms with Crippen molar-refractivity contribution in [3.63, 3.8) is 0 Å². The lowest BCUT2D eigenvalue weighted by molar-refractivity contribution is 0.608. The van der Waals surface area contributed by atoms with Gasteiger partial charge in [0.15, 0.2) is 0 Å². The van der Waals surface area contributed by atoms with Gasteiger partial charge in [0.05, 0.1) is 23.1 Å². The first kappa shape index (κ1) is 14.2. The Morgan fingerprint density at radius 3 is 2.65 bits per heavy atom. The van der Waals surface area contributed by atoms with E-state index in [-0.39, 0.29) is 5.84 Å². The molecule has 0 amide bonds. The molecule has 0 bridgehead atoms. The fourth-order valence-electron chi connectivity index (χ4n) is 2.10. The molecule has 5 heteroatoms. The first-order chi connectivity index (χ1) is 9.56. The fourth-order valence-corrected chi connectivity index (χ4v) is 2.10. The number of aromatic nitrogens is 2. The standard InChI is InChI=1S/C15H21N5/c1-11(2)10-20(8-7-14(16)17)15-9-18-12-5-3-4-6-13(12)19-15/h3-6,9,11H,7-8,10H2,1-2H3,(H3,16,17). The molecule has 2 rings (SSSR count). The molecule has 0 spiro atoms. The van der Waals surface area contributed by atoms with Gasteiger partial charge in [0.1, 0.15) is 5.82 Å². The van der Waals surface area contributed by atoms with Crippen molar-refractivity contribution in [1.82, 2.24) is 9.97 Å². The van der Waals surface area contributed by atoms with Crippen LogP contribution in [-0.2, 0) is 0 Å². The third-order valence-corrected chi connectivity index (χ3v) is 3.00. The van der Waals surface area contributed by atoms with Crippen LogP contribution >= 0.6 is 0 Å². The maximum atomic E-state index is 7.38. The summed E-state index contributed by atoms with van der Waals surface area (Å²) >= 11 is 0. The number of nitrogens with one attached hydrogen (secondary N) is 1. The lowest BCUT2D eigenvalue weighted by Gasteiger charge is -2.25. The van der Waals surface area contributed by atoms with Gasteiger partial charge in [-0.15, -0.1) is 0 Å². The lowest BCUT2D eigenvalue weighted by Crippen LogP contribution is -2.32. The van der Waals surface area contributed by atoms with Crippen LogP contribution in [0.15, 0.2) is 30.5 Å². The average molecular weight is 271 g/mol. The van der Waals surface area contributed by atoms with Gasteiger partial charge in [-0.2, -0.15) is 0 Å². The molecule has 20 heavy (non-hydrogen) atoms. The SMILES string of the molecule is CC(C)CN(CCC(=N)N)c1cnc2ccccc2n1. The molecular weight excluding hydrogens is 250 g/mol. The van der Waals surface area contributed by atoms with Gasteiger partial charge in [0.25, 0.3) is 0 Å². The minimum atomic E-state index is 0.201. The summed E-state index contributed by atoms with van der Waals surface area (Å²) in [6, 6.07) is 7.83. The van der Waals surface area contributed by atoms with E-state index in [9.17, 15) is 0 Å². The van der Waals surface area contributed by atoms with Crippen molar-refractivity contribution in [3.8, 4) is 0 Å². The van der Waals surface area contributed by atoms with Gasteiger partial charge in [-0.1, -0.05) is 26.0 Å². The Hall–Kier alpha value is -2.17. The number of hydrogen-bond donors (Lipinski definition) is 2. The van der Waals surface area contributed by atoms with Crippen LogP contribution in [0.2, 0.25) is 0 Å². The van der Waals surface area contributed by atoms with Gasteiger partial charge in [0, 0.05) is 19.5 Å². The van der Waals surface area contributed by atoms with E-state index >= 15 is 0 Å². The molecule has 3 N–H and O–H groups in total. The Kier molecular flexibility index (Phi) is 4.50. The number of benzene rings is 1. The van der Waals surface area contributed by atoms with Crippen molar-refractivity contribution in [1.29, 1.82) is 5.41 Å². The van der Waals surface area contributed by atoms with Gasteiger partial charge < -0.3 is 10.6 Å². The first-order valence-corrected chi connectivity index (χ1v) is 6.86. The van der Waals surface area contributed by atoms with Gasteiger partial charge in [0.2, 0.25) is 0 Å². The van der Waals surface area contributed by atoms with Crippen LogP contribution in [0.25, 0.3) is 11.0 Å². The number of rotatable bonds is 6. The van der Waals surface area contributed by atoms with Crippen molar-refractivity contribution < 1.29 is 0 Å². The van der Waals surface area contributed by atoms with Crippen LogP contribution in [-0.4, -0.2) is 28.9 Å². The quantitative estimate of drug-likeness (QED) is 0.624. The van der Waals surface area contributed by atoms with E-state index in [0.717, 1.165) is 23.4 Å². The van der Waals surface area contributed by atoms with Gasteiger partial charge in [-0.25, -0.2) is 4.98 Å². The fraction of sp³-hybridized carbons (Fsp3) is 0.400. The van der Waals surface area contributed by atoms with E-state index in [0.29, 0.717) is 18.9 Å². The van der Waals surface area contributed by atoms with Crippen LogP contribution < -0.4 is 10.6 Å². The molecule has 106 valence electrons. The summed E-state index contributed by atoms with van der Waals surface area (Å²) in [5, 5.41) is 7.38. The number of fused-ring (bicyclic) bond motifs is 1. The number of nitrogens with two attached hydrogens (primary N) is 1. The molecule has 0 saturated heterocycles. The van der Waals surface area contributed by atoms with Crippen molar-refractivity contribution in [2.24, 2.45) is 11.7 Å².